The molecule has 3 atom stereocenters. The number of pyridine rings is 1. The third-order valence-corrected chi connectivity index (χ3v) is 11.2. The maximum absolute atomic E-state index is 15.2. The zero-order chi connectivity index (χ0) is 38.8. The number of hydrogen-bond acceptors (Lipinski definition) is 9. The van der Waals surface area contributed by atoms with Crippen LogP contribution in [0.2, 0.25) is 0 Å². The van der Waals surface area contributed by atoms with E-state index in [1.54, 1.807) is 11.1 Å². The summed E-state index contributed by atoms with van der Waals surface area (Å²) in [5.41, 5.74) is 1.01. The highest BCUT2D eigenvalue weighted by Crippen LogP contribution is 2.32. The van der Waals surface area contributed by atoms with Crippen molar-refractivity contribution in [3.63, 3.8) is 0 Å². The molecule has 5 heterocycles. The van der Waals surface area contributed by atoms with Crippen LogP contribution in [0.4, 0.5) is 19.4 Å². The Morgan fingerprint density at radius 2 is 1.76 bits per heavy atom. The summed E-state index contributed by atoms with van der Waals surface area (Å²) < 4.78 is 30.4. The van der Waals surface area contributed by atoms with Crippen molar-refractivity contribution in [1.82, 2.24) is 39.9 Å². The zero-order valence-electron chi connectivity index (χ0n) is 31.4. The lowest BCUT2D eigenvalue weighted by molar-refractivity contribution is -0.189. The number of rotatable bonds is 11. The van der Waals surface area contributed by atoms with E-state index in [1.165, 1.54) is 14.8 Å². The summed E-state index contributed by atoms with van der Waals surface area (Å²) in [4.78, 5) is 57.4. The quantitative estimate of drug-likeness (QED) is 0.285. The van der Waals surface area contributed by atoms with Crippen molar-refractivity contribution in [2.45, 2.75) is 57.6 Å². The van der Waals surface area contributed by atoms with Gasteiger partial charge in [-0.25, -0.2) is 28.6 Å². The first-order valence-corrected chi connectivity index (χ1v) is 19.0. The predicted molar refractivity (Wildman–Crippen MR) is 202 cm³/mol. The molecule has 7 rings (SSSR count). The van der Waals surface area contributed by atoms with Gasteiger partial charge in [0.1, 0.15) is 35.4 Å². The summed E-state index contributed by atoms with van der Waals surface area (Å²) in [5, 5.41) is 15.7. The molecule has 292 valence electrons. The first-order valence-electron chi connectivity index (χ1n) is 19.0. The van der Waals surface area contributed by atoms with Crippen LogP contribution in [-0.4, -0.2) is 141 Å². The fourth-order valence-electron chi connectivity index (χ4n) is 8.30. The van der Waals surface area contributed by atoms with Crippen LogP contribution in [0.5, 0.6) is 5.75 Å². The van der Waals surface area contributed by atoms with Crippen LogP contribution in [0.25, 0.3) is 0 Å². The average molecular weight is 758 g/mol. The third-order valence-electron chi connectivity index (χ3n) is 11.2. The largest absolute Gasteiger partial charge is 0.508 e. The maximum Gasteiger partial charge on any atom is 0.334 e. The Bertz CT molecular complexity index is 1870. The number of urea groups is 1. The summed E-state index contributed by atoms with van der Waals surface area (Å²) in [5.74, 6) is -2.91. The molecule has 55 heavy (non-hydrogen) atoms. The summed E-state index contributed by atoms with van der Waals surface area (Å²) in [6, 6.07) is 15.6. The highest BCUT2D eigenvalue weighted by atomic mass is 19.1. The number of piperazine rings is 2. The van der Waals surface area contributed by atoms with Crippen LogP contribution in [0.3, 0.4) is 0 Å². The first-order chi connectivity index (χ1) is 26.5. The number of phenols is 1. The highest BCUT2D eigenvalue weighted by molar-refractivity contribution is 5.91. The number of hydrogen-bond donors (Lipinski definition) is 2. The van der Waals surface area contributed by atoms with Crippen LogP contribution in [-0.2, 0) is 29.1 Å². The van der Waals surface area contributed by atoms with Gasteiger partial charge in [0.15, 0.2) is 0 Å². The highest BCUT2D eigenvalue weighted by Gasteiger charge is 2.51. The van der Waals surface area contributed by atoms with Crippen molar-refractivity contribution in [3.8, 4) is 5.75 Å². The molecule has 2 aromatic carbocycles. The molecule has 15 heteroatoms. The standard InChI is InChI=1S/C40H49F2N9O4/c1-4-14-49-26-38(53)50-35(19-32-33(41)17-31(52)18-34(32)42)39(54)48(25-37(50)51(49)40(55)43-20-28-10-7-6-8-11-28)22-29-12-9-13-36(44-29)47-23-30(24-47)46-16-15-45(5-2)27(3)21-46/h4,6-13,17-18,27,30,35,37,52H,1,5,14-16,19-26H2,2-3H3,(H,43,55)/t27-,35+,37?/m1/s1. The van der Waals surface area contributed by atoms with Gasteiger partial charge in [0.2, 0.25) is 11.8 Å². The minimum atomic E-state index is -1.36. The molecule has 13 nitrogen and oxygen atoms in total. The van der Waals surface area contributed by atoms with E-state index < -0.39 is 59.4 Å². The number of amides is 4. The van der Waals surface area contributed by atoms with E-state index in [4.69, 9.17) is 4.98 Å². The molecule has 0 bridgehead atoms. The number of aromatic nitrogens is 1. The summed E-state index contributed by atoms with van der Waals surface area (Å²) in [6.45, 7) is 14.2. The van der Waals surface area contributed by atoms with Crippen LogP contribution in [0, 0.1) is 11.6 Å². The molecule has 0 spiro atoms. The van der Waals surface area contributed by atoms with E-state index >= 15 is 8.78 Å². The molecule has 1 unspecified atom stereocenters. The van der Waals surface area contributed by atoms with Crippen molar-refractivity contribution in [3.05, 3.63) is 102 Å². The van der Waals surface area contributed by atoms with Gasteiger partial charge >= 0.3 is 6.03 Å². The van der Waals surface area contributed by atoms with E-state index in [9.17, 15) is 19.5 Å². The van der Waals surface area contributed by atoms with Crippen molar-refractivity contribution in [1.29, 1.82) is 0 Å². The molecule has 4 saturated heterocycles. The van der Waals surface area contributed by atoms with Gasteiger partial charge in [0.25, 0.3) is 0 Å². The monoisotopic (exact) mass is 757 g/mol. The Labute approximate surface area is 320 Å². The molecule has 3 aromatic rings. The van der Waals surface area contributed by atoms with E-state index in [0.29, 0.717) is 17.8 Å². The Balaban J connectivity index is 1.15. The fourth-order valence-corrected chi connectivity index (χ4v) is 8.30. The van der Waals surface area contributed by atoms with Gasteiger partial charge in [0.05, 0.1) is 25.3 Å². The van der Waals surface area contributed by atoms with Crippen LogP contribution < -0.4 is 10.2 Å². The molecule has 0 saturated carbocycles. The molecule has 0 radical (unpaired) electrons. The molecular formula is C40H49F2N9O4. The Hall–Kier alpha value is -5.12. The second kappa shape index (κ2) is 16.3. The smallest absolute Gasteiger partial charge is 0.334 e. The second-order valence-electron chi connectivity index (χ2n) is 14.8. The maximum atomic E-state index is 15.2. The summed E-state index contributed by atoms with van der Waals surface area (Å²) in [6.07, 6.45) is 0.0501. The van der Waals surface area contributed by atoms with Gasteiger partial charge in [-0.2, -0.15) is 0 Å². The van der Waals surface area contributed by atoms with E-state index in [1.807, 2.05) is 48.5 Å². The number of likely N-dealkylation sites (N-methyl/N-ethyl adjacent to an activating group) is 1. The Kier molecular flexibility index (Phi) is 11.3. The lowest BCUT2D eigenvalue weighted by Gasteiger charge is -2.55. The lowest BCUT2D eigenvalue weighted by Crippen LogP contribution is -2.76. The topological polar surface area (TPSA) is 119 Å². The average Bonchev–Trinajstić information content (AvgIpc) is 3.13. The van der Waals surface area contributed by atoms with Crippen molar-refractivity contribution < 1.29 is 28.3 Å². The number of hydrazine groups is 1. The number of benzene rings is 2. The first kappa shape index (κ1) is 38.2. The number of anilines is 1. The van der Waals surface area contributed by atoms with Gasteiger partial charge < -0.3 is 25.1 Å². The van der Waals surface area contributed by atoms with Gasteiger partial charge in [-0.15, -0.1) is 6.58 Å². The fraction of sp³-hybridized carbons (Fsp3) is 0.450. The van der Waals surface area contributed by atoms with Gasteiger partial charge in [-0.3, -0.25) is 19.4 Å². The number of carbonyl (C=O) groups excluding carboxylic acids is 3. The van der Waals surface area contributed by atoms with Gasteiger partial charge in [-0.05, 0) is 31.2 Å². The summed E-state index contributed by atoms with van der Waals surface area (Å²) >= 11 is 0. The van der Waals surface area contributed by atoms with Gasteiger partial charge in [-0.1, -0.05) is 49.4 Å². The Morgan fingerprint density at radius 1 is 1.02 bits per heavy atom. The molecule has 4 aliphatic heterocycles. The van der Waals surface area contributed by atoms with E-state index in [0.717, 1.165) is 62.8 Å². The number of phenolic OH excluding ortho intramolecular Hbond substituents is 1. The normalized spacial score (nSPS) is 22.8. The summed E-state index contributed by atoms with van der Waals surface area (Å²) in [7, 11) is 0. The minimum Gasteiger partial charge on any atom is -0.508 e. The Morgan fingerprint density at radius 3 is 2.45 bits per heavy atom. The molecule has 1 aromatic heterocycles. The van der Waals surface area contributed by atoms with Crippen LogP contribution in [0.1, 0.15) is 30.7 Å². The van der Waals surface area contributed by atoms with E-state index in [2.05, 4.69) is 40.4 Å². The number of fused-ring (bicyclic) bond motifs is 1. The molecule has 2 N–H and O–H groups in total. The molecule has 0 aliphatic carbocycles. The van der Waals surface area contributed by atoms with Crippen molar-refractivity contribution >= 4 is 23.7 Å². The number of carbonyl (C=O) groups is 3. The number of nitrogens with zero attached hydrogens (tertiary/aromatic N) is 8. The number of nitrogens with one attached hydrogen (secondary N) is 1. The molecule has 4 fully saturated rings. The van der Waals surface area contributed by atoms with Gasteiger partial charge in [0, 0.05) is 82.0 Å². The minimum absolute atomic E-state index is 0.0386. The molecule has 4 aliphatic rings. The number of halogens is 2. The van der Waals surface area contributed by atoms with E-state index in [-0.39, 0.29) is 32.7 Å². The van der Waals surface area contributed by atoms with Crippen LogP contribution >= 0.6 is 0 Å². The third kappa shape index (κ3) is 8.00. The zero-order valence-corrected chi connectivity index (χ0v) is 31.4. The SMILES string of the molecule is C=CCN1CC(=O)N2C(CN(Cc3cccc(N4CC(N5CCN(CC)[C@H](C)C5)C4)n3)C(=O)[C@@H]2Cc2c(F)cc(O)cc2F)N1C(=O)NCc1ccccc1. The molecule has 4 amide bonds. The van der Waals surface area contributed by atoms with Crippen molar-refractivity contribution in [2.75, 3.05) is 63.8 Å². The molecular weight excluding hydrogens is 708 g/mol. The lowest BCUT2D eigenvalue weighted by atomic mass is 9.97. The van der Waals surface area contributed by atoms with Crippen LogP contribution in [0.15, 0.2) is 73.3 Å². The second-order valence-corrected chi connectivity index (χ2v) is 14.8. The predicted octanol–water partition coefficient (Wildman–Crippen LogP) is 3.02. The number of aromatic hydroxyl groups is 1. The van der Waals surface area contributed by atoms with Crippen molar-refractivity contribution in [2.24, 2.45) is 0 Å².